The van der Waals surface area contributed by atoms with Gasteiger partial charge in [-0.05, 0) is 34.8 Å². The molecule has 7 heteroatoms. The van der Waals surface area contributed by atoms with Gasteiger partial charge in [-0.15, -0.1) is 0 Å². The van der Waals surface area contributed by atoms with Crippen LogP contribution in [0.2, 0.25) is 0 Å². The van der Waals surface area contributed by atoms with Crippen LogP contribution in [0.5, 0.6) is 0 Å². The Kier molecular flexibility index (Phi) is 3.66. The van der Waals surface area contributed by atoms with E-state index in [0.717, 1.165) is 25.1 Å². The number of non-ortho nitro benzene ring substituents is 1. The van der Waals surface area contributed by atoms with Crippen molar-refractivity contribution in [2.75, 3.05) is 11.9 Å². The average Bonchev–Trinajstić information content (AvgIpc) is 2.45. The van der Waals surface area contributed by atoms with Crippen LogP contribution in [-0.4, -0.2) is 29.7 Å². The molecule has 20 heavy (non-hydrogen) atoms. The smallest absolute Gasteiger partial charge is 0.270 e. The minimum absolute atomic E-state index is 0.0622. The number of hydrogen-bond acceptors (Lipinski definition) is 5. The van der Waals surface area contributed by atoms with Crippen LogP contribution >= 0.6 is 15.9 Å². The maximum absolute atomic E-state index is 10.7. The molecule has 0 aromatic heterocycles. The highest BCUT2D eigenvalue weighted by Gasteiger charge is 2.50. The van der Waals surface area contributed by atoms with Gasteiger partial charge in [0.1, 0.15) is 0 Å². The number of nitro groups is 1. The van der Waals surface area contributed by atoms with E-state index in [0.29, 0.717) is 10.4 Å². The fourth-order valence-electron chi connectivity index (χ4n) is 3.04. The number of fused-ring (bicyclic) bond motifs is 1. The molecule has 0 spiro atoms. The van der Waals surface area contributed by atoms with Crippen molar-refractivity contribution in [3.8, 4) is 0 Å². The summed E-state index contributed by atoms with van der Waals surface area (Å²) in [5.74, 6) is 0.429. The Morgan fingerprint density at radius 2 is 2.30 bits per heavy atom. The second-order valence-corrected chi connectivity index (χ2v) is 6.16. The third-order valence-corrected chi connectivity index (χ3v) is 4.82. The van der Waals surface area contributed by atoms with E-state index < -0.39 is 4.92 Å². The Morgan fingerprint density at radius 3 is 3.00 bits per heavy atom. The summed E-state index contributed by atoms with van der Waals surface area (Å²) in [6.45, 7) is 0.785. The molecule has 108 valence electrons. The van der Waals surface area contributed by atoms with Crippen molar-refractivity contribution < 1.29 is 9.66 Å². The fraction of sp³-hybridized carbons (Fsp3) is 0.538. The van der Waals surface area contributed by atoms with Crippen molar-refractivity contribution >= 4 is 27.3 Å². The van der Waals surface area contributed by atoms with E-state index in [1.165, 1.54) is 12.1 Å². The van der Waals surface area contributed by atoms with Crippen LogP contribution in [0.25, 0.3) is 0 Å². The maximum atomic E-state index is 10.7. The molecule has 1 aliphatic heterocycles. The van der Waals surface area contributed by atoms with Gasteiger partial charge in [-0.2, -0.15) is 0 Å². The van der Waals surface area contributed by atoms with Crippen LogP contribution in [0, 0.1) is 16.0 Å². The largest absolute Gasteiger partial charge is 0.377 e. The van der Waals surface area contributed by atoms with Gasteiger partial charge in [-0.25, -0.2) is 0 Å². The quantitative estimate of drug-likeness (QED) is 0.650. The summed E-state index contributed by atoms with van der Waals surface area (Å²) < 4.78 is 6.43. The Labute approximate surface area is 124 Å². The zero-order chi connectivity index (χ0) is 14.3. The van der Waals surface area contributed by atoms with Crippen LogP contribution in [-0.2, 0) is 4.74 Å². The number of rotatable bonds is 3. The molecule has 3 rings (SSSR count). The fourth-order valence-corrected chi connectivity index (χ4v) is 3.52. The normalized spacial score (nSPS) is 32.1. The molecule has 6 nitrogen and oxygen atoms in total. The van der Waals surface area contributed by atoms with Gasteiger partial charge in [-0.1, -0.05) is 0 Å². The molecule has 2 aliphatic rings. The lowest BCUT2D eigenvalue weighted by atomic mass is 9.68. The zero-order valence-corrected chi connectivity index (χ0v) is 12.4. The standard InChI is InChI=1S/C13H16BrN3O3/c14-9-6-7(17(18)19)3-4-10(9)16-12-11(15)8-2-1-5-20-13(8)12/h3-4,6,8,11-13,16H,1-2,5,15H2. The molecule has 1 saturated carbocycles. The van der Waals surface area contributed by atoms with Crippen molar-refractivity contribution in [3.63, 3.8) is 0 Å². The van der Waals surface area contributed by atoms with Crippen LogP contribution in [0.3, 0.4) is 0 Å². The van der Waals surface area contributed by atoms with Crippen molar-refractivity contribution in [3.05, 3.63) is 32.8 Å². The molecule has 2 fully saturated rings. The van der Waals surface area contributed by atoms with E-state index >= 15 is 0 Å². The Hall–Kier alpha value is -1.18. The number of nitrogens with one attached hydrogen (secondary N) is 1. The van der Waals surface area contributed by atoms with E-state index in [1.807, 2.05) is 0 Å². The first-order valence-corrected chi connectivity index (χ1v) is 7.45. The highest BCUT2D eigenvalue weighted by molar-refractivity contribution is 9.10. The molecular weight excluding hydrogens is 326 g/mol. The van der Waals surface area contributed by atoms with Crippen LogP contribution in [0.4, 0.5) is 11.4 Å². The van der Waals surface area contributed by atoms with Crippen molar-refractivity contribution in [1.29, 1.82) is 0 Å². The summed E-state index contributed by atoms with van der Waals surface area (Å²) >= 11 is 3.36. The van der Waals surface area contributed by atoms with Crippen LogP contribution < -0.4 is 11.1 Å². The Morgan fingerprint density at radius 1 is 1.50 bits per heavy atom. The number of halogens is 1. The molecule has 0 radical (unpaired) electrons. The predicted octanol–water partition coefficient (Wildman–Crippen LogP) is 2.27. The minimum Gasteiger partial charge on any atom is -0.377 e. The van der Waals surface area contributed by atoms with Gasteiger partial charge in [0.25, 0.3) is 5.69 Å². The number of anilines is 1. The third kappa shape index (κ3) is 2.30. The average molecular weight is 342 g/mol. The minimum atomic E-state index is -0.413. The zero-order valence-electron chi connectivity index (χ0n) is 10.8. The number of nitro benzene ring substituents is 1. The van der Waals surface area contributed by atoms with Crippen LogP contribution in [0.1, 0.15) is 12.8 Å². The van der Waals surface area contributed by atoms with Gasteiger partial charge in [0, 0.05) is 40.9 Å². The van der Waals surface area contributed by atoms with Gasteiger partial charge < -0.3 is 15.8 Å². The Bertz CT molecular complexity index is 540. The first-order valence-electron chi connectivity index (χ1n) is 6.65. The number of benzene rings is 1. The van der Waals surface area contributed by atoms with Crippen molar-refractivity contribution in [1.82, 2.24) is 0 Å². The van der Waals surface area contributed by atoms with Gasteiger partial charge in [-0.3, -0.25) is 10.1 Å². The SMILES string of the molecule is NC1C2CCCOC2C1Nc1ccc([N+](=O)[O-])cc1Br. The molecular formula is C13H16BrN3O3. The Balaban J connectivity index is 1.73. The van der Waals surface area contributed by atoms with E-state index in [2.05, 4.69) is 21.2 Å². The van der Waals surface area contributed by atoms with E-state index in [-0.39, 0.29) is 23.9 Å². The first-order chi connectivity index (χ1) is 9.58. The highest BCUT2D eigenvalue weighted by atomic mass is 79.9. The monoisotopic (exact) mass is 341 g/mol. The summed E-state index contributed by atoms with van der Waals surface area (Å²) in [6.07, 6.45) is 2.34. The number of nitrogens with two attached hydrogens (primary N) is 1. The van der Waals surface area contributed by atoms with E-state index in [4.69, 9.17) is 10.5 Å². The molecule has 1 heterocycles. The van der Waals surface area contributed by atoms with E-state index in [1.54, 1.807) is 6.07 Å². The summed E-state index contributed by atoms with van der Waals surface area (Å²) in [5.41, 5.74) is 7.06. The summed E-state index contributed by atoms with van der Waals surface area (Å²) in [4.78, 5) is 10.3. The second-order valence-electron chi connectivity index (χ2n) is 5.31. The number of nitrogens with zero attached hydrogens (tertiary/aromatic N) is 1. The first kappa shape index (κ1) is 13.8. The predicted molar refractivity (Wildman–Crippen MR) is 78.6 cm³/mol. The lowest BCUT2D eigenvalue weighted by Crippen LogP contribution is -2.69. The second kappa shape index (κ2) is 5.31. The summed E-state index contributed by atoms with van der Waals surface area (Å²) in [7, 11) is 0. The molecule has 1 aliphatic carbocycles. The van der Waals surface area contributed by atoms with Crippen molar-refractivity contribution in [2.24, 2.45) is 11.7 Å². The molecule has 0 amide bonds. The number of hydrogen-bond donors (Lipinski definition) is 2. The highest BCUT2D eigenvalue weighted by Crippen LogP contribution is 2.39. The molecule has 0 bridgehead atoms. The molecule has 1 aromatic rings. The molecule has 4 atom stereocenters. The molecule has 4 unspecified atom stereocenters. The van der Waals surface area contributed by atoms with Gasteiger partial charge in [0.05, 0.1) is 17.1 Å². The molecule has 1 saturated heterocycles. The van der Waals surface area contributed by atoms with Gasteiger partial charge in [0.15, 0.2) is 0 Å². The topological polar surface area (TPSA) is 90.4 Å². The molecule has 3 N–H and O–H groups in total. The van der Waals surface area contributed by atoms with E-state index in [9.17, 15) is 10.1 Å². The summed E-state index contributed by atoms with van der Waals surface area (Å²) in [6, 6.07) is 4.81. The van der Waals surface area contributed by atoms with Crippen molar-refractivity contribution in [2.45, 2.75) is 31.0 Å². The number of ether oxygens (including phenoxy) is 1. The maximum Gasteiger partial charge on any atom is 0.270 e. The third-order valence-electron chi connectivity index (χ3n) is 4.16. The lowest BCUT2D eigenvalue weighted by molar-refractivity contribution is -0.384. The summed E-state index contributed by atoms with van der Waals surface area (Å²) in [5, 5.41) is 14.1. The van der Waals surface area contributed by atoms with Crippen LogP contribution in [0.15, 0.2) is 22.7 Å². The molecule has 1 aromatic carbocycles. The van der Waals surface area contributed by atoms with Gasteiger partial charge >= 0.3 is 0 Å². The van der Waals surface area contributed by atoms with Gasteiger partial charge in [0.2, 0.25) is 0 Å². The lowest BCUT2D eigenvalue weighted by Gasteiger charge is -2.52.